The lowest BCUT2D eigenvalue weighted by Crippen LogP contribution is -2.35. The van der Waals surface area contributed by atoms with Gasteiger partial charge in [0.2, 0.25) is 0 Å². The van der Waals surface area contributed by atoms with Gasteiger partial charge in [-0.05, 0) is 31.2 Å². The fourth-order valence-corrected chi connectivity index (χ4v) is 1.73. The Morgan fingerprint density at radius 2 is 2.16 bits per heavy atom. The Kier molecular flexibility index (Phi) is 6.15. The molecule has 0 fully saturated rings. The highest BCUT2D eigenvalue weighted by Gasteiger charge is 2.15. The molecule has 1 aromatic rings. The number of rotatable bonds is 8. The summed E-state index contributed by atoms with van der Waals surface area (Å²) in [6, 6.07) is 5.17. The zero-order chi connectivity index (χ0) is 14.3. The van der Waals surface area contributed by atoms with Crippen molar-refractivity contribution in [3.8, 4) is 11.5 Å². The highest BCUT2D eigenvalue weighted by Crippen LogP contribution is 2.28. The summed E-state index contributed by atoms with van der Waals surface area (Å²) in [5.74, 6) is 0.440. The molecule has 0 aliphatic carbocycles. The molecule has 1 rings (SSSR count). The maximum absolute atomic E-state index is 10.8. The van der Waals surface area contributed by atoms with Crippen molar-refractivity contribution < 1.29 is 19.4 Å². The number of carboxylic acids is 1. The highest BCUT2D eigenvalue weighted by molar-refractivity contribution is 5.73. The third-order valence-corrected chi connectivity index (χ3v) is 2.95. The first-order valence-electron chi connectivity index (χ1n) is 6.32. The van der Waals surface area contributed by atoms with Crippen LogP contribution in [0.1, 0.15) is 18.9 Å². The maximum Gasteiger partial charge on any atom is 0.320 e. The van der Waals surface area contributed by atoms with E-state index in [-0.39, 0.29) is 0 Å². The molecule has 19 heavy (non-hydrogen) atoms. The molecule has 0 spiro atoms. The van der Waals surface area contributed by atoms with Crippen LogP contribution >= 0.6 is 0 Å². The van der Waals surface area contributed by atoms with E-state index in [2.05, 4.69) is 12.2 Å². The van der Waals surface area contributed by atoms with Crippen LogP contribution in [0.15, 0.2) is 18.2 Å². The summed E-state index contributed by atoms with van der Waals surface area (Å²) in [4.78, 5) is 10.8. The number of hydrogen-bond donors (Lipinski definition) is 2. The number of carbonyl (C=O) groups is 1. The topological polar surface area (TPSA) is 67.8 Å². The molecule has 0 aliphatic heterocycles. The summed E-state index contributed by atoms with van der Waals surface area (Å²) in [6.07, 6.45) is 1.32. The summed E-state index contributed by atoms with van der Waals surface area (Å²) in [6.45, 7) is 2.39. The first-order chi connectivity index (χ1) is 9.12. The smallest absolute Gasteiger partial charge is 0.320 e. The molecule has 0 radical (unpaired) electrons. The summed E-state index contributed by atoms with van der Waals surface area (Å²) in [7, 11) is 3.21. The van der Waals surface area contributed by atoms with Crippen LogP contribution in [0.3, 0.4) is 0 Å². The van der Waals surface area contributed by atoms with E-state index in [0.717, 1.165) is 6.42 Å². The van der Waals surface area contributed by atoms with E-state index in [1.807, 2.05) is 18.2 Å². The van der Waals surface area contributed by atoms with Gasteiger partial charge in [0, 0.05) is 6.42 Å². The van der Waals surface area contributed by atoms with Crippen molar-refractivity contribution in [2.45, 2.75) is 25.8 Å². The molecule has 2 N–H and O–H groups in total. The molecule has 5 nitrogen and oxygen atoms in total. The third kappa shape index (κ3) is 4.44. The third-order valence-electron chi connectivity index (χ3n) is 2.95. The van der Waals surface area contributed by atoms with Crippen LogP contribution in [0, 0.1) is 0 Å². The van der Waals surface area contributed by atoms with Gasteiger partial charge in [0.05, 0.1) is 13.7 Å². The Hall–Kier alpha value is -1.75. The van der Waals surface area contributed by atoms with Crippen LogP contribution < -0.4 is 14.8 Å². The minimum atomic E-state index is -0.876. The fraction of sp³-hybridized carbons (Fsp3) is 0.500. The summed E-state index contributed by atoms with van der Waals surface area (Å²) in [5.41, 5.74) is 1.17. The number of likely N-dealkylation sites (N-methyl/N-ethyl adjacent to an activating group) is 1. The molecule has 0 amide bonds. The molecule has 0 saturated carbocycles. The Labute approximate surface area is 113 Å². The van der Waals surface area contributed by atoms with E-state index in [1.165, 1.54) is 5.56 Å². The van der Waals surface area contributed by atoms with Gasteiger partial charge in [-0.15, -0.1) is 0 Å². The largest absolute Gasteiger partial charge is 0.493 e. The van der Waals surface area contributed by atoms with Gasteiger partial charge in [0.1, 0.15) is 6.04 Å². The lowest BCUT2D eigenvalue weighted by Gasteiger charge is -2.14. The Morgan fingerprint density at radius 1 is 1.42 bits per heavy atom. The molecular formula is C14H21NO4. The van der Waals surface area contributed by atoms with E-state index >= 15 is 0 Å². The van der Waals surface area contributed by atoms with Crippen LogP contribution in [-0.4, -0.2) is 37.9 Å². The van der Waals surface area contributed by atoms with E-state index in [4.69, 9.17) is 14.6 Å². The molecule has 0 heterocycles. The van der Waals surface area contributed by atoms with E-state index in [0.29, 0.717) is 24.5 Å². The van der Waals surface area contributed by atoms with Crippen molar-refractivity contribution in [2.75, 3.05) is 20.8 Å². The van der Waals surface area contributed by atoms with E-state index in [1.54, 1.807) is 14.2 Å². The monoisotopic (exact) mass is 267 g/mol. The number of nitrogens with one attached hydrogen (secondary N) is 1. The normalized spacial score (nSPS) is 11.9. The van der Waals surface area contributed by atoms with Gasteiger partial charge >= 0.3 is 5.97 Å². The van der Waals surface area contributed by atoms with Gasteiger partial charge in [-0.25, -0.2) is 0 Å². The van der Waals surface area contributed by atoms with Crippen molar-refractivity contribution >= 4 is 5.97 Å². The molecule has 1 atom stereocenters. The van der Waals surface area contributed by atoms with E-state index in [9.17, 15) is 4.79 Å². The molecule has 0 aromatic heterocycles. The highest BCUT2D eigenvalue weighted by atomic mass is 16.5. The van der Waals surface area contributed by atoms with Gasteiger partial charge in [-0.2, -0.15) is 0 Å². The fourth-order valence-electron chi connectivity index (χ4n) is 1.73. The summed E-state index contributed by atoms with van der Waals surface area (Å²) < 4.78 is 10.8. The van der Waals surface area contributed by atoms with Gasteiger partial charge in [0.25, 0.3) is 0 Å². The minimum absolute atomic E-state index is 0.319. The van der Waals surface area contributed by atoms with Crippen LogP contribution in [0.2, 0.25) is 0 Å². The number of hydrogen-bond acceptors (Lipinski definition) is 4. The van der Waals surface area contributed by atoms with Crippen LogP contribution in [0.5, 0.6) is 11.5 Å². The molecule has 5 heteroatoms. The molecule has 0 saturated heterocycles. The SMILES string of the molecule is CCc1ccc(OCCC(NC)C(=O)O)c(OC)c1. The standard InChI is InChI=1S/C14H21NO4/c1-4-10-5-6-12(13(9-10)18-3)19-8-7-11(15-2)14(16)17/h5-6,9,11,15H,4,7-8H2,1-3H3,(H,16,17). The molecule has 106 valence electrons. The van der Waals surface area contributed by atoms with Crippen LogP contribution in [-0.2, 0) is 11.2 Å². The average molecular weight is 267 g/mol. The predicted octanol–water partition coefficient (Wildman–Crippen LogP) is 1.70. The average Bonchev–Trinajstić information content (AvgIpc) is 2.43. The van der Waals surface area contributed by atoms with Crippen molar-refractivity contribution in [1.29, 1.82) is 0 Å². The quantitative estimate of drug-likeness (QED) is 0.750. The van der Waals surface area contributed by atoms with Crippen molar-refractivity contribution in [3.63, 3.8) is 0 Å². The molecular weight excluding hydrogens is 246 g/mol. The molecule has 1 aromatic carbocycles. The Morgan fingerprint density at radius 3 is 2.68 bits per heavy atom. The lowest BCUT2D eigenvalue weighted by molar-refractivity contribution is -0.139. The second-order valence-electron chi connectivity index (χ2n) is 4.16. The van der Waals surface area contributed by atoms with Gasteiger partial charge < -0.3 is 19.9 Å². The number of aryl methyl sites for hydroxylation is 1. The van der Waals surface area contributed by atoms with E-state index < -0.39 is 12.0 Å². The second-order valence-corrected chi connectivity index (χ2v) is 4.16. The summed E-state index contributed by atoms with van der Waals surface area (Å²) >= 11 is 0. The van der Waals surface area contributed by atoms with Gasteiger partial charge in [0.15, 0.2) is 11.5 Å². The van der Waals surface area contributed by atoms with Crippen molar-refractivity contribution in [3.05, 3.63) is 23.8 Å². The Balaban J connectivity index is 2.60. The minimum Gasteiger partial charge on any atom is -0.493 e. The summed E-state index contributed by atoms with van der Waals surface area (Å²) in [5, 5.41) is 11.6. The van der Waals surface area contributed by atoms with Crippen LogP contribution in [0.4, 0.5) is 0 Å². The molecule has 0 aliphatic rings. The molecule has 0 bridgehead atoms. The first-order valence-corrected chi connectivity index (χ1v) is 6.32. The number of aliphatic carboxylic acids is 1. The number of benzene rings is 1. The number of methoxy groups -OCH3 is 1. The number of ether oxygens (including phenoxy) is 2. The van der Waals surface area contributed by atoms with Crippen LogP contribution in [0.25, 0.3) is 0 Å². The van der Waals surface area contributed by atoms with Crippen molar-refractivity contribution in [1.82, 2.24) is 5.32 Å². The van der Waals surface area contributed by atoms with Gasteiger partial charge in [-0.1, -0.05) is 13.0 Å². The first kappa shape index (κ1) is 15.3. The zero-order valence-corrected chi connectivity index (χ0v) is 11.6. The Bertz CT molecular complexity index is 420. The molecule has 1 unspecified atom stereocenters. The zero-order valence-electron chi connectivity index (χ0n) is 11.6. The number of carboxylic acid groups (broad SMARTS) is 1. The predicted molar refractivity (Wildman–Crippen MR) is 73.0 cm³/mol. The maximum atomic E-state index is 10.8. The lowest BCUT2D eigenvalue weighted by atomic mass is 10.1. The van der Waals surface area contributed by atoms with Gasteiger partial charge in [-0.3, -0.25) is 4.79 Å². The van der Waals surface area contributed by atoms with Crippen molar-refractivity contribution in [2.24, 2.45) is 0 Å². The second kappa shape index (κ2) is 7.63.